The van der Waals surface area contributed by atoms with Crippen LogP contribution in [-0.4, -0.2) is 38.4 Å². The topological polar surface area (TPSA) is 65.1 Å². The van der Waals surface area contributed by atoms with Crippen molar-refractivity contribution in [3.63, 3.8) is 0 Å². The quantitative estimate of drug-likeness (QED) is 0.377. The smallest absolute Gasteiger partial charge is 0.337 e. The highest BCUT2D eigenvalue weighted by Gasteiger charge is 2.32. The van der Waals surface area contributed by atoms with Gasteiger partial charge in [-0.2, -0.15) is 0 Å². The Balaban J connectivity index is 1.48. The molecule has 0 aromatic heterocycles. The Morgan fingerprint density at radius 2 is 1.74 bits per heavy atom. The van der Waals surface area contributed by atoms with Crippen LogP contribution >= 0.6 is 0 Å². The average Bonchev–Trinajstić information content (AvgIpc) is 3.42. The Bertz CT molecular complexity index is 505. The van der Waals surface area contributed by atoms with Gasteiger partial charge in [-0.3, -0.25) is 0 Å². The summed E-state index contributed by atoms with van der Waals surface area (Å²) in [4.78, 5) is 22.5. The summed E-state index contributed by atoms with van der Waals surface area (Å²) in [6.07, 6.45) is 6.10. The van der Waals surface area contributed by atoms with E-state index < -0.39 is 0 Å². The molecule has 1 fully saturated rings. The first kappa shape index (κ1) is 17.5. The second-order valence-electron chi connectivity index (χ2n) is 5.70. The Morgan fingerprint density at radius 3 is 2.39 bits per heavy atom. The molecule has 23 heavy (non-hydrogen) atoms. The highest BCUT2D eigenvalue weighted by atomic mass is 16.6. The molecule has 1 heterocycles. The summed E-state index contributed by atoms with van der Waals surface area (Å²) in [7, 11) is 1.39. The number of ether oxygens (including phenoxy) is 3. The van der Waals surface area contributed by atoms with Crippen molar-refractivity contribution >= 4 is 11.9 Å². The number of methoxy groups -OCH3 is 1. The van der Waals surface area contributed by atoms with E-state index in [1.807, 2.05) is 12.1 Å². The van der Waals surface area contributed by atoms with Crippen molar-refractivity contribution in [3.8, 4) is 0 Å². The lowest BCUT2D eigenvalue weighted by Crippen LogP contribution is -2.12. The van der Waals surface area contributed by atoms with Gasteiger partial charge in [0.05, 0.1) is 25.9 Å². The SMILES string of the molecule is COC(=O)c1ccc(CCCCCCCOC(=O)C2CO2)cc1. The lowest BCUT2D eigenvalue weighted by molar-refractivity contribution is -0.145. The second kappa shape index (κ2) is 9.30. The molecule has 0 saturated carbocycles. The molecule has 0 radical (unpaired) electrons. The highest BCUT2D eigenvalue weighted by Crippen LogP contribution is 2.13. The number of hydrogen-bond acceptors (Lipinski definition) is 5. The van der Waals surface area contributed by atoms with Gasteiger partial charge in [0.15, 0.2) is 6.10 Å². The predicted octanol–water partition coefficient (Wildman–Crippen LogP) is 2.91. The number of epoxide rings is 1. The zero-order valence-corrected chi connectivity index (χ0v) is 13.6. The first-order chi connectivity index (χ1) is 11.2. The molecule has 0 spiro atoms. The molecule has 0 N–H and O–H groups in total. The van der Waals surface area contributed by atoms with Crippen LogP contribution in [0.25, 0.3) is 0 Å². The number of aryl methyl sites for hydroxylation is 1. The molecule has 1 aromatic carbocycles. The molecule has 1 aliphatic rings. The molecule has 1 atom stereocenters. The van der Waals surface area contributed by atoms with Crippen LogP contribution in [0.4, 0.5) is 0 Å². The molecule has 1 aliphatic heterocycles. The molecular formula is C18H24O5. The molecular weight excluding hydrogens is 296 g/mol. The van der Waals surface area contributed by atoms with Crippen LogP contribution in [-0.2, 0) is 25.4 Å². The number of benzene rings is 1. The number of carbonyl (C=O) groups is 2. The molecule has 1 aromatic rings. The number of esters is 2. The van der Waals surface area contributed by atoms with Crippen LogP contribution < -0.4 is 0 Å². The third kappa shape index (κ3) is 6.40. The van der Waals surface area contributed by atoms with E-state index in [2.05, 4.69) is 4.74 Å². The van der Waals surface area contributed by atoms with Crippen molar-refractivity contribution in [1.29, 1.82) is 0 Å². The predicted molar refractivity (Wildman–Crippen MR) is 85.3 cm³/mol. The van der Waals surface area contributed by atoms with Crippen molar-refractivity contribution in [2.45, 2.75) is 44.6 Å². The minimum atomic E-state index is -0.300. The third-order valence-electron chi connectivity index (χ3n) is 3.83. The lowest BCUT2D eigenvalue weighted by Gasteiger charge is -2.05. The minimum Gasteiger partial charge on any atom is -0.465 e. The van der Waals surface area contributed by atoms with Gasteiger partial charge in [-0.25, -0.2) is 9.59 Å². The van der Waals surface area contributed by atoms with E-state index in [-0.39, 0.29) is 18.0 Å². The summed E-state index contributed by atoms with van der Waals surface area (Å²) < 4.78 is 14.6. The third-order valence-corrected chi connectivity index (χ3v) is 3.83. The molecule has 0 amide bonds. The second-order valence-corrected chi connectivity index (χ2v) is 5.70. The Morgan fingerprint density at radius 1 is 1.09 bits per heavy atom. The largest absolute Gasteiger partial charge is 0.465 e. The van der Waals surface area contributed by atoms with Crippen molar-refractivity contribution in [3.05, 3.63) is 35.4 Å². The number of hydrogen-bond donors (Lipinski definition) is 0. The normalized spacial score (nSPS) is 16.0. The summed E-state index contributed by atoms with van der Waals surface area (Å²) in [5.41, 5.74) is 1.82. The van der Waals surface area contributed by atoms with Gasteiger partial charge in [0, 0.05) is 0 Å². The maximum absolute atomic E-state index is 11.3. The molecule has 5 nitrogen and oxygen atoms in total. The summed E-state index contributed by atoms with van der Waals surface area (Å²) in [6.45, 7) is 1.01. The molecule has 126 valence electrons. The standard InChI is InChI=1S/C18H24O5/c1-21-17(19)15-10-8-14(9-11-15)7-5-3-2-4-6-12-22-18(20)16-13-23-16/h8-11,16H,2-7,12-13H2,1H3. The van der Waals surface area contributed by atoms with E-state index in [4.69, 9.17) is 9.47 Å². The van der Waals surface area contributed by atoms with E-state index in [0.717, 1.165) is 38.5 Å². The van der Waals surface area contributed by atoms with E-state index in [1.54, 1.807) is 12.1 Å². The highest BCUT2D eigenvalue weighted by molar-refractivity contribution is 5.89. The number of carbonyl (C=O) groups excluding carboxylic acids is 2. The van der Waals surface area contributed by atoms with Crippen LogP contribution in [0.3, 0.4) is 0 Å². The van der Waals surface area contributed by atoms with Crippen molar-refractivity contribution in [2.75, 3.05) is 20.3 Å². The van der Waals surface area contributed by atoms with Gasteiger partial charge in [0.25, 0.3) is 0 Å². The van der Waals surface area contributed by atoms with Gasteiger partial charge in [-0.1, -0.05) is 31.4 Å². The fourth-order valence-electron chi connectivity index (χ4n) is 2.34. The van der Waals surface area contributed by atoms with E-state index >= 15 is 0 Å². The van der Waals surface area contributed by atoms with Crippen LogP contribution in [0.2, 0.25) is 0 Å². The first-order valence-electron chi connectivity index (χ1n) is 8.16. The van der Waals surface area contributed by atoms with Gasteiger partial charge in [0.1, 0.15) is 0 Å². The van der Waals surface area contributed by atoms with Crippen LogP contribution in [0, 0.1) is 0 Å². The molecule has 2 rings (SSSR count). The summed E-state index contributed by atoms with van der Waals surface area (Å²) in [6, 6.07) is 7.56. The zero-order valence-electron chi connectivity index (χ0n) is 13.6. The Labute approximate surface area is 136 Å². The summed E-state index contributed by atoms with van der Waals surface area (Å²) in [5, 5.41) is 0. The lowest BCUT2D eigenvalue weighted by atomic mass is 10.0. The van der Waals surface area contributed by atoms with Crippen LogP contribution in [0.15, 0.2) is 24.3 Å². The van der Waals surface area contributed by atoms with Gasteiger partial charge in [-0.05, 0) is 37.0 Å². The van der Waals surface area contributed by atoms with Crippen LogP contribution in [0.1, 0.15) is 48.0 Å². The monoisotopic (exact) mass is 320 g/mol. The molecule has 5 heteroatoms. The van der Waals surface area contributed by atoms with Gasteiger partial charge < -0.3 is 14.2 Å². The fourth-order valence-corrected chi connectivity index (χ4v) is 2.34. The molecule has 0 aliphatic carbocycles. The van der Waals surface area contributed by atoms with E-state index in [1.165, 1.54) is 12.7 Å². The number of rotatable bonds is 10. The molecule has 1 unspecified atom stereocenters. The van der Waals surface area contributed by atoms with E-state index in [0.29, 0.717) is 18.8 Å². The maximum Gasteiger partial charge on any atom is 0.337 e. The van der Waals surface area contributed by atoms with E-state index in [9.17, 15) is 9.59 Å². The first-order valence-corrected chi connectivity index (χ1v) is 8.16. The Hall–Kier alpha value is -1.88. The van der Waals surface area contributed by atoms with Gasteiger partial charge >= 0.3 is 11.9 Å². The average molecular weight is 320 g/mol. The van der Waals surface area contributed by atoms with Crippen molar-refractivity contribution < 1.29 is 23.8 Å². The number of unbranched alkanes of at least 4 members (excludes halogenated alkanes) is 4. The maximum atomic E-state index is 11.3. The molecule has 1 saturated heterocycles. The summed E-state index contributed by atoms with van der Waals surface area (Å²) >= 11 is 0. The fraction of sp³-hybridized carbons (Fsp3) is 0.556. The van der Waals surface area contributed by atoms with Crippen LogP contribution in [0.5, 0.6) is 0 Å². The summed E-state index contributed by atoms with van der Waals surface area (Å²) in [5.74, 6) is -0.522. The zero-order chi connectivity index (χ0) is 16.5. The van der Waals surface area contributed by atoms with Gasteiger partial charge in [-0.15, -0.1) is 0 Å². The minimum absolute atomic E-state index is 0.222. The molecule has 0 bridgehead atoms. The van der Waals surface area contributed by atoms with Crippen molar-refractivity contribution in [2.24, 2.45) is 0 Å². The van der Waals surface area contributed by atoms with Gasteiger partial charge in [0.2, 0.25) is 0 Å². The Kier molecular flexibility index (Phi) is 7.07. The van der Waals surface area contributed by atoms with Crippen molar-refractivity contribution in [1.82, 2.24) is 0 Å².